The first-order valence-electron chi connectivity index (χ1n) is 8.57. The fraction of sp³-hybridized carbons (Fsp3) is 0.316. The summed E-state index contributed by atoms with van der Waals surface area (Å²) in [4.78, 5) is 8.00. The van der Waals surface area contributed by atoms with Gasteiger partial charge in [-0.25, -0.2) is 18.5 Å². The van der Waals surface area contributed by atoms with Crippen molar-refractivity contribution in [3.63, 3.8) is 0 Å². The average Bonchev–Trinajstić information content (AvgIpc) is 2.65. The molecule has 0 radical (unpaired) electrons. The maximum Gasteiger partial charge on any atom is 0.238 e. The zero-order chi connectivity index (χ0) is 19.9. The van der Waals surface area contributed by atoms with E-state index in [1.165, 1.54) is 16.5 Å². The van der Waals surface area contributed by atoms with Crippen molar-refractivity contribution in [3.05, 3.63) is 59.7 Å². The second kappa shape index (κ2) is 11.6. The van der Waals surface area contributed by atoms with Gasteiger partial charge in [-0.1, -0.05) is 24.3 Å². The monoisotopic (exact) mass is 534 g/mol. The van der Waals surface area contributed by atoms with Crippen molar-refractivity contribution in [2.75, 3.05) is 19.8 Å². The van der Waals surface area contributed by atoms with Gasteiger partial charge in [0.25, 0.3) is 0 Å². The number of nitrogens with zero attached hydrogens (tertiary/aromatic N) is 2. The standard InChI is InChI=1S/C19H26N4O2S2.HI/c1-4-21-19(23(2)14-15-8-10-17(26-3)11-9-15)22-13-16-6-5-7-18(12-16)27(20,24)25;/h5-12H,4,13-14H2,1-3H3,(H,21,22)(H2,20,24,25);1H. The van der Waals surface area contributed by atoms with Gasteiger partial charge in [0.2, 0.25) is 10.0 Å². The normalized spacial score (nSPS) is 11.6. The number of benzene rings is 2. The number of guanidine groups is 1. The maximum absolute atomic E-state index is 11.5. The van der Waals surface area contributed by atoms with Crippen molar-refractivity contribution in [3.8, 4) is 0 Å². The van der Waals surface area contributed by atoms with E-state index in [0.717, 1.165) is 24.6 Å². The van der Waals surface area contributed by atoms with Crippen LogP contribution in [0.2, 0.25) is 0 Å². The summed E-state index contributed by atoms with van der Waals surface area (Å²) in [5.74, 6) is 0.757. The van der Waals surface area contributed by atoms with Crippen molar-refractivity contribution in [1.29, 1.82) is 0 Å². The Labute approximate surface area is 189 Å². The highest BCUT2D eigenvalue weighted by atomic mass is 127. The fourth-order valence-electron chi connectivity index (χ4n) is 2.54. The van der Waals surface area contributed by atoms with E-state index in [1.807, 2.05) is 24.9 Å². The van der Waals surface area contributed by atoms with Gasteiger partial charge in [-0.3, -0.25) is 0 Å². The number of primary sulfonamides is 1. The molecule has 0 saturated heterocycles. The summed E-state index contributed by atoms with van der Waals surface area (Å²) < 4.78 is 23.0. The number of hydrogen-bond donors (Lipinski definition) is 2. The second-order valence-corrected chi connectivity index (χ2v) is 8.51. The Morgan fingerprint density at radius 3 is 2.43 bits per heavy atom. The van der Waals surface area contributed by atoms with Crippen molar-refractivity contribution < 1.29 is 8.42 Å². The van der Waals surface area contributed by atoms with Crippen LogP contribution in [-0.4, -0.2) is 39.1 Å². The molecule has 0 atom stereocenters. The van der Waals surface area contributed by atoms with Gasteiger partial charge in [0.1, 0.15) is 0 Å². The van der Waals surface area contributed by atoms with E-state index >= 15 is 0 Å². The van der Waals surface area contributed by atoms with Crippen LogP contribution in [-0.2, 0) is 23.1 Å². The van der Waals surface area contributed by atoms with Crippen LogP contribution in [0.25, 0.3) is 0 Å². The van der Waals surface area contributed by atoms with Gasteiger partial charge < -0.3 is 10.2 Å². The number of thioether (sulfide) groups is 1. The molecule has 0 aliphatic carbocycles. The smallest absolute Gasteiger partial charge is 0.238 e. The number of halogens is 1. The minimum atomic E-state index is -3.71. The van der Waals surface area contributed by atoms with Crippen LogP contribution in [0, 0.1) is 0 Å². The molecule has 2 aromatic rings. The topological polar surface area (TPSA) is 87.8 Å². The molecule has 0 bridgehead atoms. The Morgan fingerprint density at radius 1 is 1.18 bits per heavy atom. The van der Waals surface area contributed by atoms with E-state index < -0.39 is 10.0 Å². The lowest BCUT2D eigenvalue weighted by molar-refractivity contribution is 0.476. The largest absolute Gasteiger partial charge is 0.357 e. The summed E-state index contributed by atoms with van der Waals surface area (Å²) in [7, 11) is -1.74. The van der Waals surface area contributed by atoms with Crippen molar-refractivity contribution >= 4 is 51.7 Å². The van der Waals surface area contributed by atoms with Crippen LogP contribution in [0.1, 0.15) is 18.1 Å². The van der Waals surface area contributed by atoms with Crippen LogP contribution < -0.4 is 10.5 Å². The first kappa shape index (κ1) is 24.7. The molecule has 0 spiro atoms. The molecule has 6 nitrogen and oxygen atoms in total. The van der Waals surface area contributed by atoms with E-state index in [-0.39, 0.29) is 28.9 Å². The molecule has 2 rings (SSSR count). The Balaban J connectivity index is 0.00000392. The lowest BCUT2D eigenvalue weighted by atomic mass is 10.2. The molecule has 0 unspecified atom stereocenters. The minimum Gasteiger partial charge on any atom is -0.357 e. The van der Waals surface area contributed by atoms with Gasteiger partial charge in [-0.2, -0.15) is 0 Å². The minimum absolute atomic E-state index is 0. The van der Waals surface area contributed by atoms with Crippen molar-refractivity contribution in [2.24, 2.45) is 10.1 Å². The number of aliphatic imine (C=N–C) groups is 1. The highest BCUT2D eigenvalue weighted by molar-refractivity contribution is 14.0. The maximum atomic E-state index is 11.5. The van der Waals surface area contributed by atoms with E-state index in [9.17, 15) is 8.42 Å². The number of nitrogens with two attached hydrogens (primary N) is 1. The summed E-state index contributed by atoms with van der Waals surface area (Å²) in [5, 5.41) is 8.47. The Morgan fingerprint density at radius 2 is 1.86 bits per heavy atom. The van der Waals surface area contributed by atoms with E-state index in [1.54, 1.807) is 23.9 Å². The Kier molecular flexibility index (Phi) is 10.3. The molecule has 0 aromatic heterocycles. The molecule has 0 heterocycles. The predicted molar refractivity (Wildman–Crippen MR) is 128 cm³/mol. The zero-order valence-corrected chi connectivity index (χ0v) is 20.2. The molecule has 154 valence electrons. The molecule has 3 N–H and O–H groups in total. The highest BCUT2D eigenvalue weighted by Gasteiger charge is 2.09. The van der Waals surface area contributed by atoms with Gasteiger partial charge in [-0.05, 0) is 48.6 Å². The molecule has 0 aliphatic heterocycles. The van der Waals surface area contributed by atoms with Crippen molar-refractivity contribution in [1.82, 2.24) is 10.2 Å². The molecule has 0 fully saturated rings. The van der Waals surface area contributed by atoms with Gasteiger partial charge >= 0.3 is 0 Å². The van der Waals surface area contributed by atoms with E-state index in [0.29, 0.717) is 6.54 Å². The van der Waals surface area contributed by atoms with Crippen LogP contribution in [0.3, 0.4) is 0 Å². The summed E-state index contributed by atoms with van der Waals surface area (Å²) in [6, 6.07) is 15.0. The van der Waals surface area contributed by atoms with Crippen LogP contribution in [0.4, 0.5) is 0 Å². The SMILES string of the molecule is CCNC(=NCc1cccc(S(N)(=O)=O)c1)N(C)Cc1ccc(SC)cc1.I. The number of sulfonamides is 1. The molecule has 0 saturated carbocycles. The lowest BCUT2D eigenvalue weighted by Gasteiger charge is -2.22. The summed E-state index contributed by atoms with van der Waals surface area (Å²) in [5.41, 5.74) is 1.98. The average molecular weight is 534 g/mol. The molecule has 0 amide bonds. The van der Waals surface area contributed by atoms with Gasteiger partial charge in [0.15, 0.2) is 5.96 Å². The molecule has 2 aromatic carbocycles. The lowest BCUT2D eigenvalue weighted by Crippen LogP contribution is -2.38. The zero-order valence-electron chi connectivity index (χ0n) is 16.3. The Hall–Kier alpha value is -1.30. The third-order valence-electron chi connectivity index (χ3n) is 3.91. The first-order valence-corrected chi connectivity index (χ1v) is 11.3. The second-order valence-electron chi connectivity index (χ2n) is 6.07. The van der Waals surface area contributed by atoms with Crippen LogP contribution >= 0.6 is 35.7 Å². The highest BCUT2D eigenvalue weighted by Crippen LogP contribution is 2.16. The summed E-state index contributed by atoms with van der Waals surface area (Å²) in [6.45, 7) is 3.84. The molecular formula is C19H27IN4O2S2. The third-order valence-corrected chi connectivity index (χ3v) is 5.57. The van der Waals surface area contributed by atoms with Gasteiger partial charge in [0, 0.05) is 25.0 Å². The molecule has 28 heavy (non-hydrogen) atoms. The number of hydrogen-bond acceptors (Lipinski definition) is 4. The summed E-state index contributed by atoms with van der Waals surface area (Å²) >= 11 is 1.72. The quantitative estimate of drug-likeness (QED) is 0.247. The Bertz CT molecular complexity index is 887. The van der Waals surface area contributed by atoms with Gasteiger partial charge in [0.05, 0.1) is 11.4 Å². The first-order chi connectivity index (χ1) is 12.8. The number of rotatable bonds is 7. The van der Waals surface area contributed by atoms with Gasteiger partial charge in [-0.15, -0.1) is 35.7 Å². The van der Waals surface area contributed by atoms with E-state index in [2.05, 4.69) is 40.8 Å². The van der Waals surface area contributed by atoms with E-state index in [4.69, 9.17) is 5.14 Å². The molecule has 0 aliphatic rings. The predicted octanol–water partition coefficient (Wildman–Crippen LogP) is 3.27. The van der Waals surface area contributed by atoms with Crippen molar-refractivity contribution in [2.45, 2.75) is 29.8 Å². The van der Waals surface area contributed by atoms with Crippen LogP contribution in [0.15, 0.2) is 63.3 Å². The fourth-order valence-corrected chi connectivity index (χ4v) is 3.53. The molecular weight excluding hydrogens is 507 g/mol. The number of nitrogens with one attached hydrogen (secondary N) is 1. The summed E-state index contributed by atoms with van der Waals surface area (Å²) in [6.07, 6.45) is 2.06. The van der Waals surface area contributed by atoms with Crippen LogP contribution in [0.5, 0.6) is 0 Å². The molecule has 9 heteroatoms. The third kappa shape index (κ3) is 7.61.